The third-order valence-electron chi connectivity index (χ3n) is 4.93. The number of morpholine rings is 1. The van der Waals surface area contributed by atoms with Gasteiger partial charge in [0.15, 0.2) is 0 Å². The first kappa shape index (κ1) is 21.0. The number of hydrogen-bond donors (Lipinski definition) is 1. The van der Waals surface area contributed by atoms with Gasteiger partial charge in [0.05, 0.1) is 18.1 Å². The van der Waals surface area contributed by atoms with Crippen LogP contribution in [0, 0.1) is 5.92 Å². The van der Waals surface area contributed by atoms with Crippen molar-refractivity contribution >= 4 is 10.0 Å². The summed E-state index contributed by atoms with van der Waals surface area (Å²) in [6.07, 6.45) is 0. The Bertz CT molecular complexity index is 879. The molecule has 2 aromatic rings. The van der Waals surface area contributed by atoms with Gasteiger partial charge in [0.2, 0.25) is 10.0 Å². The molecule has 0 spiro atoms. The molecule has 2 aromatic carbocycles. The minimum absolute atomic E-state index is 0.166. The quantitative estimate of drug-likeness (QED) is 0.770. The molecule has 0 amide bonds. The van der Waals surface area contributed by atoms with Gasteiger partial charge in [-0.2, -0.15) is 4.31 Å². The van der Waals surface area contributed by atoms with Gasteiger partial charge >= 0.3 is 0 Å². The average molecular weight is 403 g/mol. The van der Waals surface area contributed by atoms with Crippen molar-refractivity contribution in [3.8, 4) is 11.1 Å². The van der Waals surface area contributed by atoms with Crippen molar-refractivity contribution in [1.29, 1.82) is 0 Å². The zero-order chi connectivity index (χ0) is 20.1. The Morgan fingerprint density at radius 1 is 1.14 bits per heavy atom. The summed E-state index contributed by atoms with van der Waals surface area (Å²) in [6.45, 7) is 9.29. The van der Waals surface area contributed by atoms with Gasteiger partial charge in [0.1, 0.15) is 0 Å². The van der Waals surface area contributed by atoms with E-state index in [0.717, 1.165) is 24.2 Å². The molecule has 1 saturated heterocycles. The molecule has 1 aliphatic rings. The first-order chi connectivity index (χ1) is 13.4. The normalized spacial score (nSPS) is 18.5. The van der Waals surface area contributed by atoms with E-state index in [-0.39, 0.29) is 6.04 Å². The summed E-state index contributed by atoms with van der Waals surface area (Å²) in [4.78, 5) is 0.356. The van der Waals surface area contributed by atoms with Crippen LogP contribution in [0.25, 0.3) is 11.1 Å². The summed E-state index contributed by atoms with van der Waals surface area (Å²) in [7, 11) is -3.58. The number of nitrogens with one attached hydrogen (secondary N) is 1. The summed E-state index contributed by atoms with van der Waals surface area (Å²) < 4.78 is 33.6. The minimum atomic E-state index is -3.58. The number of ether oxygens (including phenoxy) is 1. The Morgan fingerprint density at radius 3 is 2.54 bits per heavy atom. The van der Waals surface area contributed by atoms with E-state index in [9.17, 15) is 8.42 Å². The molecule has 0 saturated carbocycles. The number of rotatable bonds is 7. The maximum absolute atomic E-state index is 13.3. The van der Waals surface area contributed by atoms with Crippen LogP contribution in [0.5, 0.6) is 0 Å². The molecule has 1 aliphatic heterocycles. The van der Waals surface area contributed by atoms with Crippen molar-refractivity contribution in [1.82, 2.24) is 9.62 Å². The summed E-state index contributed by atoms with van der Waals surface area (Å²) >= 11 is 0. The van der Waals surface area contributed by atoms with Crippen LogP contribution in [-0.2, 0) is 21.3 Å². The zero-order valence-electron chi connectivity index (χ0n) is 16.9. The van der Waals surface area contributed by atoms with Gasteiger partial charge in [-0.3, -0.25) is 0 Å². The average Bonchev–Trinajstić information content (AvgIpc) is 2.68. The predicted molar refractivity (Wildman–Crippen MR) is 113 cm³/mol. The van der Waals surface area contributed by atoms with Gasteiger partial charge in [0, 0.05) is 24.7 Å². The van der Waals surface area contributed by atoms with Gasteiger partial charge in [-0.1, -0.05) is 56.3 Å². The smallest absolute Gasteiger partial charge is 0.244 e. The fourth-order valence-electron chi connectivity index (χ4n) is 3.43. The Hall–Kier alpha value is -1.73. The highest BCUT2D eigenvalue weighted by Gasteiger charge is 2.33. The van der Waals surface area contributed by atoms with E-state index in [1.807, 2.05) is 31.2 Å². The number of nitrogens with zero attached hydrogens (tertiary/aromatic N) is 1. The monoisotopic (exact) mass is 402 g/mol. The summed E-state index contributed by atoms with van der Waals surface area (Å²) in [5, 5.41) is 3.43. The number of benzene rings is 2. The van der Waals surface area contributed by atoms with Gasteiger partial charge in [0.25, 0.3) is 0 Å². The third kappa shape index (κ3) is 4.81. The van der Waals surface area contributed by atoms with E-state index >= 15 is 0 Å². The van der Waals surface area contributed by atoms with Crippen LogP contribution in [-0.4, -0.2) is 45.1 Å². The Morgan fingerprint density at radius 2 is 1.86 bits per heavy atom. The topological polar surface area (TPSA) is 58.6 Å². The number of sulfonamides is 1. The molecule has 0 aromatic heterocycles. The number of hydrogen-bond acceptors (Lipinski definition) is 4. The first-order valence-electron chi connectivity index (χ1n) is 9.88. The molecule has 3 rings (SSSR count). The molecule has 0 radical (unpaired) electrons. The molecule has 5 nitrogen and oxygen atoms in total. The molecule has 0 bridgehead atoms. The maximum atomic E-state index is 13.3. The summed E-state index contributed by atoms with van der Waals surface area (Å²) in [5.74, 6) is 0.610. The van der Waals surface area contributed by atoms with Crippen LogP contribution in [0.4, 0.5) is 0 Å². The standard InChI is InChI=1S/C22H30N2O3S/c1-17(2)14-23-15-19-8-10-20(11-9-19)21-6-4-5-7-22(21)28(25,26)24-12-13-27-16-18(24)3/h4-11,17-18,23H,12-16H2,1-3H3/t18-/m1/s1. The molecule has 0 aliphatic carbocycles. The van der Waals surface area contributed by atoms with E-state index in [4.69, 9.17) is 4.74 Å². The molecule has 1 heterocycles. The molecule has 1 fully saturated rings. The van der Waals surface area contributed by atoms with Crippen LogP contribution >= 0.6 is 0 Å². The van der Waals surface area contributed by atoms with Crippen LogP contribution in [0.2, 0.25) is 0 Å². The second-order valence-electron chi connectivity index (χ2n) is 7.76. The Balaban J connectivity index is 1.86. The van der Waals surface area contributed by atoms with Crippen molar-refractivity contribution in [3.05, 3.63) is 54.1 Å². The van der Waals surface area contributed by atoms with Crippen molar-refractivity contribution in [3.63, 3.8) is 0 Å². The first-order valence-corrected chi connectivity index (χ1v) is 11.3. The summed E-state index contributed by atoms with van der Waals surface area (Å²) in [5.41, 5.74) is 2.84. The maximum Gasteiger partial charge on any atom is 0.244 e. The highest BCUT2D eigenvalue weighted by atomic mass is 32.2. The van der Waals surface area contributed by atoms with Gasteiger partial charge in [-0.25, -0.2) is 8.42 Å². The highest BCUT2D eigenvalue weighted by Crippen LogP contribution is 2.31. The molecule has 1 N–H and O–H groups in total. The second kappa shape index (κ2) is 9.18. The molecule has 28 heavy (non-hydrogen) atoms. The van der Waals surface area contributed by atoms with Crippen LogP contribution in [0.1, 0.15) is 26.3 Å². The summed E-state index contributed by atoms with van der Waals surface area (Å²) in [6, 6.07) is 15.2. The lowest BCUT2D eigenvalue weighted by Crippen LogP contribution is -2.47. The lowest BCUT2D eigenvalue weighted by atomic mass is 10.0. The van der Waals surface area contributed by atoms with Crippen molar-refractivity contribution in [2.45, 2.75) is 38.3 Å². The highest BCUT2D eigenvalue weighted by molar-refractivity contribution is 7.89. The van der Waals surface area contributed by atoms with Crippen molar-refractivity contribution in [2.24, 2.45) is 5.92 Å². The lowest BCUT2D eigenvalue weighted by molar-refractivity contribution is 0.0393. The molecule has 6 heteroatoms. The molecule has 0 unspecified atom stereocenters. The van der Waals surface area contributed by atoms with E-state index in [2.05, 4.69) is 31.3 Å². The van der Waals surface area contributed by atoms with Gasteiger partial charge < -0.3 is 10.1 Å². The lowest BCUT2D eigenvalue weighted by Gasteiger charge is -2.32. The second-order valence-corrected chi connectivity index (χ2v) is 9.62. The van der Waals surface area contributed by atoms with E-state index in [1.165, 1.54) is 5.56 Å². The SMILES string of the molecule is CC(C)CNCc1ccc(-c2ccccc2S(=O)(=O)N2CCOC[C@H]2C)cc1. The molecule has 152 valence electrons. The predicted octanol–water partition coefficient (Wildman–Crippen LogP) is 3.51. The van der Waals surface area contributed by atoms with Crippen LogP contribution in [0.15, 0.2) is 53.4 Å². The Kier molecular flexibility index (Phi) is 6.88. The van der Waals surface area contributed by atoms with Crippen LogP contribution in [0.3, 0.4) is 0 Å². The third-order valence-corrected chi connectivity index (χ3v) is 7.00. The molecular formula is C22H30N2O3S. The van der Waals surface area contributed by atoms with Crippen molar-refractivity contribution in [2.75, 3.05) is 26.3 Å². The molecular weight excluding hydrogens is 372 g/mol. The van der Waals surface area contributed by atoms with Gasteiger partial charge in [-0.15, -0.1) is 0 Å². The van der Waals surface area contributed by atoms with Crippen molar-refractivity contribution < 1.29 is 13.2 Å². The van der Waals surface area contributed by atoms with E-state index in [0.29, 0.717) is 30.6 Å². The zero-order valence-corrected chi connectivity index (χ0v) is 17.7. The fourth-order valence-corrected chi connectivity index (χ4v) is 5.25. The van der Waals surface area contributed by atoms with Crippen LogP contribution < -0.4 is 5.32 Å². The van der Waals surface area contributed by atoms with E-state index in [1.54, 1.807) is 16.4 Å². The fraction of sp³-hybridized carbons (Fsp3) is 0.455. The van der Waals surface area contributed by atoms with E-state index < -0.39 is 10.0 Å². The van der Waals surface area contributed by atoms with Gasteiger partial charge in [-0.05, 0) is 36.6 Å². The minimum Gasteiger partial charge on any atom is -0.378 e. The largest absolute Gasteiger partial charge is 0.378 e. The Labute approximate surface area is 168 Å². The molecule has 1 atom stereocenters.